The van der Waals surface area contributed by atoms with Crippen LogP contribution in [0.1, 0.15) is 32.6 Å². The molecule has 0 spiro atoms. The predicted molar refractivity (Wildman–Crippen MR) is 86.3 cm³/mol. The molecule has 1 atom stereocenters. The molecule has 23 heavy (non-hydrogen) atoms. The van der Waals surface area contributed by atoms with Crippen molar-refractivity contribution in [3.8, 4) is 11.5 Å². The lowest BCUT2D eigenvalue weighted by Crippen LogP contribution is -2.41. The highest BCUT2D eigenvalue weighted by Gasteiger charge is 2.14. The summed E-state index contributed by atoms with van der Waals surface area (Å²) < 4.78 is 5.16. The standard InChI is InChI=1S/C16H23N5O2/c1-11(2)9-12(10-17)19-14(22)6-7-15-20-16(21-23-15)13-5-3-4-8-18-13/h3-5,8,11-12H,6-7,9-10,17H2,1-2H3,(H,19,22). The molecule has 0 aliphatic carbocycles. The van der Waals surface area contributed by atoms with Crippen molar-refractivity contribution in [1.82, 2.24) is 20.4 Å². The lowest BCUT2D eigenvalue weighted by Gasteiger charge is -2.18. The van der Waals surface area contributed by atoms with Crippen LogP contribution in [-0.2, 0) is 11.2 Å². The molecule has 1 unspecified atom stereocenters. The summed E-state index contributed by atoms with van der Waals surface area (Å²) in [6.07, 6.45) is 3.22. The van der Waals surface area contributed by atoms with Crippen LogP contribution in [0.5, 0.6) is 0 Å². The van der Waals surface area contributed by atoms with E-state index in [0.717, 1.165) is 6.42 Å². The minimum absolute atomic E-state index is 0.00858. The molecule has 124 valence electrons. The first-order chi connectivity index (χ1) is 11.1. The zero-order valence-corrected chi connectivity index (χ0v) is 13.5. The van der Waals surface area contributed by atoms with Crippen molar-refractivity contribution >= 4 is 5.91 Å². The summed E-state index contributed by atoms with van der Waals surface area (Å²) >= 11 is 0. The molecule has 0 radical (unpaired) electrons. The fourth-order valence-electron chi connectivity index (χ4n) is 2.26. The smallest absolute Gasteiger partial charge is 0.227 e. The Hall–Kier alpha value is -2.28. The van der Waals surface area contributed by atoms with E-state index in [2.05, 4.69) is 34.3 Å². The maximum Gasteiger partial charge on any atom is 0.227 e. The minimum atomic E-state index is -0.0568. The van der Waals surface area contributed by atoms with Gasteiger partial charge in [-0.05, 0) is 24.5 Å². The van der Waals surface area contributed by atoms with Gasteiger partial charge in [0.15, 0.2) is 0 Å². The average molecular weight is 317 g/mol. The number of pyridine rings is 1. The first kappa shape index (κ1) is 17.1. The van der Waals surface area contributed by atoms with E-state index in [4.69, 9.17) is 10.3 Å². The Morgan fingerprint density at radius 2 is 2.22 bits per heavy atom. The zero-order valence-electron chi connectivity index (χ0n) is 13.5. The van der Waals surface area contributed by atoms with E-state index in [0.29, 0.717) is 42.7 Å². The average Bonchev–Trinajstić information content (AvgIpc) is 3.01. The molecule has 0 bridgehead atoms. The van der Waals surface area contributed by atoms with E-state index in [-0.39, 0.29) is 11.9 Å². The van der Waals surface area contributed by atoms with Crippen molar-refractivity contribution in [2.45, 2.75) is 39.2 Å². The van der Waals surface area contributed by atoms with E-state index < -0.39 is 0 Å². The number of aryl methyl sites for hydroxylation is 1. The molecule has 7 heteroatoms. The number of nitrogens with zero attached hydrogens (tertiary/aromatic N) is 3. The maximum absolute atomic E-state index is 12.0. The van der Waals surface area contributed by atoms with Gasteiger partial charge < -0.3 is 15.6 Å². The summed E-state index contributed by atoms with van der Waals surface area (Å²) in [4.78, 5) is 20.4. The number of hydrogen-bond acceptors (Lipinski definition) is 6. The van der Waals surface area contributed by atoms with Gasteiger partial charge >= 0.3 is 0 Å². The summed E-state index contributed by atoms with van der Waals surface area (Å²) in [6.45, 7) is 4.65. The summed E-state index contributed by atoms with van der Waals surface area (Å²) in [6, 6.07) is 5.49. The topological polar surface area (TPSA) is 107 Å². The van der Waals surface area contributed by atoms with E-state index in [1.807, 2.05) is 12.1 Å². The highest BCUT2D eigenvalue weighted by molar-refractivity contribution is 5.76. The van der Waals surface area contributed by atoms with E-state index in [1.54, 1.807) is 12.3 Å². The van der Waals surface area contributed by atoms with Crippen LogP contribution >= 0.6 is 0 Å². The minimum Gasteiger partial charge on any atom is -0.352 e. The number of nitrogens with one attached hydrogen (secondary N) is 1. The van der Waals surface area contributed by atoms with Gasteiger partial charge in [0.25, 0.3) is 0 Å². The quantitative estimate of drug-likeness (QED) is 0.765. The van der Waals surface area contributed by atoms with Crippen LogP contribution in [0.2, 0.25) is 0 Å². The summed E-state index contributed by atoms with van der Waals surface area (Å²) in [5, 5.41) is 6.82. The van der Waals surface area contributed by atoms with Crippen LogP contribution in [0.15, 0.2) is 28.9 Å². The van der Waals surface area contributed by atoms with Gasteiger partial charge in [-0.15, -0.1) is 0 Å². The largest absolute Gasteiger partial charge is 0.352 e. The van der Waals surface area contributed by atoms with Gasteiger partial charge in [0, 0.05) is 31.6 Å². The Labute approximate surface area is 135 Å². The number of carbonyl (C=O) groups excluding carboxylic acids is 1. The molecule has 0 aliphatic rings. The number of amides is 1. The van der Waals surface area contributed by atoms with Gasteiger partial charge in [-0.1, -0.05) is 25.1 Å². The Kier molecular flexibility index (Phi) is 6.22. The second-order valence-corrected chi connectivity index (χ2v) is 5.86. The zero-order chi connectivity index (χ0) is 16.7. The molecule has 2 heterocycles. The van der Waals surface area contributed by atoms with Gasteiger partial charge in [0.2, 0.25) is 17.6 Å². The van der Waals surface area contributed by atoms with Crippen molar-refractivity contribution in [3.05, 3.63) is 30.3 Å². The predicted octanol–water partition coefficient (Wildman–Crippen LogP) is 1.55. The Morgan fingerprint density at radius 3 is 2.87 bits per heavy atom. The van der Waals surface area contributed by atoms with Crippen molar-refractivity contribution in [2.75, 3.05) is 6.54 Å². The first-order valence-electron chi connectivity index (χ1n) is 7.82. The first-order valence-corrected chi connectivity index (χ1v) is 7.82. The molecule has 0 saturated heterocycles. The molecule has 0 fully saturated rings. The molecule has 7 nitrogen and oxygen atoms in total. The van der Waals surface area contributed by atoms with Gasteiger partial charge in [0.05, 0.1) is 0 Å². The molecule has 0 aromatic carbocycles. The molecule has 0 saturated carbocycles. The van der Waals surface area contributed by atoms with Gasteiger partial charge in [0.1, 0.15) is 5.69 Å². The normalized spacial score (nSPS) is 12.3. The molecule has 2 aromatic heterocycles. The van der Waals surface area contributed by atoms with Crippen LogP contribution in [0.3, 0.4) is 0 Å². The monoisotopic (exact) mass is 317 g/mol. The number of rotatable bonds is 8. The molecule has 2 aromatic rings. The van der Waals surface area contributed by atoms with Crippen molar-refractivity contribution < 1.29 is 9.32 Å². The highest BCUT2D eigenvalue weighted by atomic mass is 16.5. The van der Waals surface area contributed by atoms with Gasteiger partial charge in [-0.3, -0.25) is 9.78 Å². The van der Waals surface area contributed by atoms with Gasteiger partial charge in [-0.25, -0.2) is 0 Å². The second kappa shape index (κ2) is 8.38. The van der Waals surface area contributed by atoms with Crippen LogP contribution in [0.25, 0.3) is 11.5 Å². The third-order valence-corrected chi connectivity index (χ3v) is 3.33. The highest BCUT2D eigenvalue weighted by Crippen LogP contribution is 2.12. The van der Waals surface area contributed by atoms with Gasteiger partial charge in [-0.2, -0.15) is 4.98 Å². The van der Waals surface area contributed by atoms with Crippen molar-refractivity contribution in [3.63, 3.8) is 0 Å². The fourth-order valence-corrected chi connectivity index (χ4v) is 2.26. The number of aromatic nitrogens is 3. The maximum atomic E-state index is 12.0. The molecule has 1 amide bonds. The van der Waals surface area contributed by atoms with Crippen molar-refractivity contribution in [1.29, 1.82) is 0 Å². The summed E-state index contributed by atoms with van der Waals surface area (Å²) in [7, 11) is 0. The number of carbonyl (C=O) groups is 1. The number of hydrogen-bond donors (Lipinski definition) is 2. The third-order valence-electron chi connectivity index (χ3n) is 3.33. The van der Waals surface area contributed by atoms with E-state index >= 15 is 0 Å². The fraction of sp³-hybridized carbons (Fsp3) is 0.500. The lowest BCUT2D eigenvalue weighted by molar-refractivity contribution is -0.121. The number of nitrogens with two attached hydrogens (primary N) is 1. The van der Waals surface area contributed by atoms with Crippen molar-refractivity contribution in [2.24, 2.45) is 11.7 Å². The summed E-state index contributed by atoms with van der Waals surface area (Å²) in [5.41, 5.74) is 6.33. The van der Waals surface area contributed by atoms with Crippen LogP contribution in [-0.4, -0.2) is 33.6 Å². The Balaban J connectivity index is 1.84. The second-order valence-electron chi connectivity index (χ2n) is 5.86. The molecular formula is C16H23N5O2. The lowest BCUT2D eigenvalue weighted by atomic mass is 10.0. The Morgan fingerprint density at radius 1 is 1.39 bits per heavy atom. The third kappa shape index (κ3) is 5.45. The van der Waals surface area contributed by atoms with Crippen LogP contribution < -0.4 is 11.1 Å². The van der Waals surface area contributed by atoms with Crippen LogP contribution in [0.4, 0.5) is 0 Å². The molecule has 2 rings (SSSR count). The molecule has 0 aliphatic heterocycles. The van der Waals surface area contributed by atoms with E-state index in [1.165, 1.54) is 0 Å². The van der Waals surface area contributed by atoms with Crippen LogP contribution in [0, 0.1) is 5.92 Å². The van der Waals surface area contributed by atoms with E-state index in [9.17, 15) is 4.79 Å². The Bertz CT molecular complexity index is 612. The molecule has 3 N–H and O–H groups in total. The SMILES string of the molecule is CC(C)CC(CN)NC(=O)CCc1nc(-c2ccccn2)no1. The summed E-state index contributed by atoms with van der Waals surface area (Å²) in [5.74, 6) is 1.29. The molecular weight excluding hydrogens is 294 g/mol.